The molecule has 1 aliphatic rings. The van der Waals surface area contributed by atoms with Gasteiger partial charge in [-0.3, -0.25) is 14.6 Å². The molecule has 0 spiro atoms. The Hall–Kier alpha value is -3.61. The summed E-state index contributed by atoms with van der Waals surface area (Å²) >= 11 is 0. The highest BCUT2D eigenvalue weighted by molar-refractivity contribution is 5.75. The van der Waals surface area contributed by atoms with Crippen LogP contribution in [0, 0.1) is 6.92 Å². The lowest BCUT2D eigenvalue weighted by molar-refractivity contribution is -0.121. The first kappa shape index (κ1) is 21.6. The van der Waals surface area contributed by atoms with Crippen molar-refractivity contribution in [2.24, 2.45) is 4.99 Å². The number of amides is 1. The van der Waals surface area contributed by atoms with Crippen molar-refractivity contribution in [3.8, 4) is 5.75 Å². The second-order valence-electron chi connectivity index (χ2n) is 8.25. The van der Waals surface area contributed by atoms with E-state index in [1.165, 1.54) is 0 Å². The molecule has 3 aromatic rings. The van der Waals surface area contributed by atoms with E-state index >= 15 is 0 Å². The van der Waals surface area contributed by atoms with Crippen LogP contribution in [0.1, 0.15) is 42.9 Å². The van der Waals surface area contributed by atoms with Crippen molar-refractivity contribution in [1.82, 2.24) is 14.9 Å². The van der Waals surface area contributed by atoms with Crippen LogP contribution in [-0.4, -0.2) is 21.6 Å². The van der Waals surface area contributed by atoms with Crippen LogP contribution in [0.3, 0.4) is 0 Å². The molecule has 1 aliphatic heterocycles. The minimum Gasteiger partial charge on any atom is -0.491 e. The molecule has 1 amide bonds. The van der Waals surface area contributed by atoms with Crippen LogP contribution < -0.4 is 26.6 Å². The summed E-state index contributed by atoms with van der Waals surface area (Å²) in [6, 6.07) is 13.8. The highest BCUT2D eigenvalue weighted by Gasteiger charge is 2.17. The lowest BCUT2D eigenvalue weighted by Crippen LogP contribution is -2.32. The third kappa shape index (κ3) is 4.82. The number of nitrogens with zero attached hydrogens (tertiary/aromatic N) is 2. The minimum absolute atomic E-state index is 0.0259. The number of carbonyl (C=O) groups excluding carboxylic acids is 1. The van der Waals surface area contributed by atoms with Gasteiger partial charge in [0.1, 0.15) is 11.1 Å². The molecule has 2 aromatic carbocycles. The molecule has 0 bridgehead atoms. The van der Waals surface area contributed by atoms with Crippen molar-refractivity contribution in [1.29, 1.82) is 0 Å². The van der Waals surface area contributed by atoms with Crippen molar-refractivity contribution in [3.63, 3.8) is 0 Å². The molecule has 1 aromatic heterocycles. The van der Waals surface area contributed by atoms with E-state index < -0.39 is 0 Å². The van der Waals surface area contributed by atoms with E-state index in [0.29, 0.717) is 30.5 Å². The van der Waals surface area contributed by atoms with Gasteiger partial charge in [0.15, 0.2) is 0 Å². The first-order chi connectivity index (χ1) is 15.4. The van der Waals surface area contributed by atoms with Gasteiger partial charge in [-0.2, -0.15) is 0 Å². The monoisotopic (exact) mass is 432 g/mol. The first-order valence-electron chi connectivity index (χ1n) is 10.9. The SMILES string of the molecule is C=c1c(=O)[nH]c2n1Cc1cc(OC(C)CCCC(=O)NCc3ccccc3)cc(C)c1N=2. The molecule has 1 atom stereocenters. The molecule has 166 valence electrons. The lowest BCUT2D eigenvalue weighted by Gasteiger charge is -2.19. The van der Waals surface area contributed by atoms with Crippen molar-refractivity contribution in [3.05, 3.63) is 80.5 Å². The van der Waals surface area contributed by atoms with Crippen LogP contribution in [-0.2, 0) is 17.9 Å². The van der Waals surface area contributed by atoms with Gasteiger partial charge in [-0.1, -0.05) is 36.9 Å². The normalized spacial score (nSPS) is 12.9. The molecule has 2 heterocycles. The number of fused-ring (bicyclic) bond motifs is 2. The zero-order valence-corrected chi connectivity index (χ0v) is 18.5. The van der Waals surface area contributed by atoms with Crippen molar-refractivity contribution in [2.75, 3.05) is 0 Å². The van der Waals surface area contributed by atoms with E-state index in [1.54, 1.807) is 4.57 Å². The molecule has 0 saturated carbocycles. The molecule has 0 fully saturated rings. The third-order valence-corrected chi connectivity index (χ3v) is 5.65. The highest BCUT2D eigenvalue weighted by atomic mass is 16.5. The van der Waals surface area contributed by atoms with Gasteiger partial charge in [0, 0.05) is 18.5 Å². The Labute approximate surface area is 186 Å². The lowest BCUT2D eigenvalue weighted by atomic mass is 10.1. The zero-order chi connectivity index (χ0) is 22.7. The largest absolute Gasteiger partial charge is 0.491 e. The van der Waals surface area contributed by atoms with Crippen molar-refractivity contribution >= 4 is 18.2 Å². The van der Waals surface area contributed by atoms with Gasteiger partial charge in [0.2, 0.25) is 11.5 Å². The van der Waals surface area contributed by atoms with Gasteiger partial charge in [0.05, 0.1) is 18.3 Å². The fraction of sp³-hybridized carbons (Fsp3) is 0.320. The number of carbonyl (C=O) groups is 1. The Kier molecular flexibility index (Phi) is 6.25. The fourth-order valence-corrected chi connectivity index (χ4v) is 3.92. The summed E-state index contributed by atoms with van der Waals surface area (Å²) in [6.45, 7) is 8.91. The number of hydrogen-bond donors (Lipinski definition) is 2. The van der Waals surface area contributed by atoms with Crippen molar-refractivity contribution in [2.45, 2.75) is 52.3 Å². The van der Waals surface area contributed by atoms with E-state index in [4.69, 9.17) is 4.74 Å². The summed E-state index contributed by atoms with van der Waals surface area (Å²) in [7, 11) is 0. The number of nitrogens with one attached hydrogen (secondary N) is 2. The molecule has 2 N–H and O–H groups in total. The van der Waals surface area contributed by atoms with Gasteiger partial charge in [-0.25, -0.2) is 4.99 Å². The average Bonchev–Trinajstić information content (AvgIpc) is 3.05. The highest BCUT2D eigenvalue weighted by Crippen LogP contribution is 2.31. The molecular formula is C25H28N4O3. The third-order valence-electron chi connectivity index (χ3n) is 5.65. The molecule has 0 aliphatic carbocycles. The quantitative estimate of drug-likeness (QED) is 0.448. The van der Waals surface area contributed by atoms with E-state index in [9.17, 15) is 9.59 Å². The number of aromatic amines is 1. The summed E-state index contributed by atoms with van der Waals surface area (Å²) in [6.07, 6.45) is 1.97. The molecule has 32 heavy (non-hydrogen) atoms. The van der Waals surface area contributed by atoms with Crippen LogP contribution >= 0.6 is 0 Å². The van der Waals surface area contributed by atoms with Crippen LogP contribution in [0.25, 0.3) is 6.58 Å². The average molecular weight is 433 g/mol. The number of H-pyrrole nitrogens is 1. The van der Waals surface area contributed by atoms with E-state index in [2.05, 4.69) is 21.9 Å². The molecule has 4 rings (SSSR count). The summed E-state index contributed by atoms with van der Waals surface area (Å²) in [5.74, 6) is 0.818. The Morgan fingerprint density at radius 3 is 2.88 bits per heavy atom. The molecule has 1 unspecified atom stereocenters. The van der Waals surface area contributed by atoms with Gasteiger partial charge in [0.25, 0.3) is 5.56 Å². The maximum absolute atomic E-state index is 12.1. The molecule has 7 nitrogen and oxygen atoms in total. The van der Waals surface area contributed by atoms with Crippen LogP contribution in [0.15, 0.2) is 52.3 Å². The van der Waals surface area contributed by atoms with Crippen LogP contribution in [0.5, 0.6) is 5.75 Å². The maximum Gasteiger partial charge on any atom is 0.274 e. The summed E-state index contributed by atoms with van der Waals surface area (Å²) in [4.78, 5) is 31.3. The van der Waals surface area contributed by atoms with Gasteiger partial charge in [-0.15, -0.1) is 0 Å². The van der Waals surface area contributed by atoms with E-state index in [-0.39, 0.29) is 17.6 Å². The second kappa shape index (κ2) is 9.26. The number of hydrogen-bond acceptors (Lipinski definition) is 4. The van der Waals surface area contributed by atoms with E-state index in [0.717, 1.165) is 41.0 Å². The first-order valence-corrected chi connectivity index (χ1v) is 10.9. The Bertz CT molecular complexity index is 1290. The molecule has 0 radical (unpaired) electrons. The molecular weight excluding hydrogens is 404 g/mol. The standard InChI is InChI=1S/C25H28N4O3/c1-16-12-21(13-20-15-29-18(3)24(31)28-25(29)27-23(16)20)32-17(2)8-7-11-22(30)26-14-19-9-5-4-6-10-19/h4-6,9-10,12-13,17H,3,7-8,11,14-15H2,1-2H3,(H,26,30)(H,27,28,31). The van der Waals surface area contributed by atoms with Gasteiger partial charge < -0.3 is 14.6 Å². The Balaban J connectivity index is 1.30. The number of benzene rings is 2. The topological polar surface area (TPSA) is 88.5 Å². The predicted octanol–water partition coefficient (Wildman–Crippen LogP) is 2.46. The Morgan fingerprint density at radius 1 is 1.31 bits per heavy atom. The number of aromatic nitrogens is 2. The summed E-state index contributed by atoms with van der Waals surface area (Å²) in [5, 5.41) is 3.36. The second-order valence-corrected chi connectivity index (χ2v) is 8.25. The van der Waals surface area contributed by atoms with Crippen molar-refractivity contribution < 1.29 is 9.53 Å². The van der Waals surface area contributed by atoms with Crippen LogP contribution in [0.4, 0.5) is 5.69 Å². The van der Waals surface area contributed by atoms with Crippen LogP contribution in [0.2, 0.25) is 0 Å². The smallest absolute Gasteiger partial charge is 0.274 e. The Morgan fingerprint density at radius 2 is 2.09 bits per heavy atom. The number of ether oxygens (including phenoxy) is 1. The number of rotatable bonds is 8. The maximum atomic E-state index is 12.1. The molecule has 0 saturated heterocycles. The van der Waals surface area contributed by atoms with E-state index in [1.807, 2.05) is 56.3 Å². The number of aryl methyl sites for hydroxylation is 1. The summed E-state index contributed by atoms with van der Waals surface area (Å²) in [5.41, 5.74) is 4.25. The zero-order valence-electron chi connectivity index (χ0n) is 18.5. The van der Waals surface area contributed by atoms with Gasteiger partial charge in [-0.05, 0) is 49.9 Å². The predicted molar refractivity (Wildman–Crippen MR) is 124 cm³/mol. The minimum atomic E-state index is -0.216. The summed E-state index contributed by atoms with van der Waals surface area (Å²) < 4.78 is 7.91. The molecule has 7 heteroatoms. The fourth-order valence-electron chi connectivity index (χ4n) is 3.92. The van der Waals surface area contributed by atoms with Gasteiger partial charge >= 0.3 is 0 Å². The number of imidazole rings is 1.